The van der Waals surface area contributed by atoms with Gasteiger partial charge in [-0.05, 0) is 12.5 Å². The van der Waals surface area contributed by atoms with E-state index in [1.165, 1.54) is 12.3 Å². The van der Waals surface area contributed by atoms with Crippen LogP contribution in [0.4, 0.5) is 5.69 Å². The van der Waals surface area contributed by atoms with Gasteiger partial charge in [0.25, 0.3) is 0 Å². The van der Waals surface area contributed by atoms with E-state index in [1.54, 1.807) is 19.1 Å². The molecule has 0 aromatic carbocycles. The van der Waals surface area contributed by atoms with Crippen molar-refractivity contribution in [1.29, 1.82) is 0 Å². The van der Waals surface area contributed by atoms with Crippen molar-refractivity contribution in [3.05, 3.63) is 39.2 Å². The average Bonchev–Trinajstić information content (AvgIpc) is 2.31. The van der Waals surface area contributed by atoms with Crippen LogP contribution in [-0.4, -0.2) is 22.5 Å². The van der Waals surface area contributed by atoms with Crippen molar-refractivity contribution in [2.75, 3.05) is 6.61 Å². The van der Waals surface area contributed by atoms with E-state index in [0.717, 1.165) is 0 Å². The van der Waals surface area contributed by atoms with Crippen molar-refractivity contribution in [1.82, 2.24) is 4.98 Å². The minimum atomic E-state index is -0.613. The van der Waals surface area contributed by atoms with Gasteiger partial charge in [0.2, 0.25) is 5.15 Å². The summed E-state index contributed by atoms with van der Waals surface area (Å²) >= 11 is 5.57. The first-order valence-electron chi connectivity index (χ1n) is 5.16. The lowest BCUT2D eigenvalue weighted by Crippen LogP contribution is -2.01. The molecule has 1 rings (SSSR count). The Morgan fingerprint density at radius 1 is 1.67 bits per heavy atom. The third-order valence-electron chi connectivity index (χ3n) is 1.94. The Morgan fingerprint density at radius 2 is 2.39 bits per heavy atom. The highest BCUT2D eigenvalue weighted by Gasteiger charge is 2.13. The molecule has 0 saturated carbocycles. The van der Waals surface area contributed by atoms with Crippen LogP contribution in [0.15, 0.2) is 18.3 Å². The molecule has 0 spiro atoms. The van der Waals surface area contributed by atoms with Gasteiger partial charge >= 0.3 is 11.7 Å². The molecule has 0 bridgehead atoms. The maximum Gasteiger partial charge on any atom is 0.309 e. The van der Waals surface area contributed by atoms with Gasteiger partial charge in [-0.3, -0.25) is 14.9 Å². The van der Waals surface area contributed by atoms with E-state index in [-0.39, 0.29) is 23.2 Å². The van der Waals surface area contributed by atoms with E-state index in [4.69, 9.17) is 16.3 Å². The zero-order valence-corrected chi connectivity index (χ0v) is 10.4. The second-order valence-corrected chi connectivity index (χ2v) is 3.61. The maximum atomic E-state index is 11.0. The van der Waals surface area contributed by atoms with Gasteiger partial charge in [-0.1, -0.05) is 23.8 Å². The molecule has 6 nitrogen and oxygen atoms in total. The van der Waals surface area contributed by atoms with Crippen LogP contribution in [0.3, 0.4) is 0 Å². The number of esters is 1. The second-order valence-electron chi connectivity index (χ2n) is 3.25. The highest BCUT2D eigenvalue weighted by Crippen LogP contribution is 2.22. The molecule has 0 radical (unpaired) electrons. The van der Waals surface area contributed by atoms with E-state index in [1.807, 2.05) is 0 Å². The number of ether oxygens (including phenoxy) is 1. The van der Waals surface area contributed by atoms with E-state index in [9.17, 15) is 14.9 Å². The lowest BCUT2D eigenvalue weighted by molar-refractivity contribution is -0.385. The van der Waals surface area contributed by atoms with Gasteiger partial charge in [0.15, 0.2) is 0 Å². The lowest BCUT2D eigenvalue weighted by Gasteiger charge is -1.98. The average molecular weight is 271 g/mol. The smallest absolute Gasteiger partial charge is 0.309 e. The summed E-state index contributed by atoms with van der Waals surface area (Å²) in [7, 11) is 0. The number of nitrogens with zero attached hydrogens (tertiary/aromatic N) is 2. The van der Waals surface area contributed by atoms with Gasteiger partial charge in [-0.15, -0.1) is 0 Å². The first-order valence-corrected chi connectivity index (χ1v) is 5.54. The first-order chi connectivity index (χ1) is 8.54. The van der Waals surface area contributed by atoms with E-state index < -0.39 is 4.92 Å². The Balaban J connectivity index is 2.73. The third kappa shape index (κ3) is 4.14. The number of carbonyl (C=O) groups is 1. The van der Waals surface area contributed by atoms with Crippen LogP contribution in [0.2, 0.25) is 5.15 Å². The van der Waals surface area contributed by atoms with E-state index >= 15 is 0 Å². The fourth-order valence-electron chi connectivity index (χ4n) is 1.18. The van der Waals surface area contributed by atoms with Crippen LogP contribution in [0.25, 0.3) is 6.08 Å². The van der Waals surface area contributed by atoms with Crippen LogP contribution in [0.5, 0.6) is 0 Å². The number of carbonyl (C=O) groups excluding carboxylic acids is 1. The number of hydrogen-bond acceptors (Lipinski definition) is 5. The molecular weight excluding hydrogens is 260 g/mol. The molecule has 18 heavy (non-hydrogen) atoms. The van der Waals surface area contributed by atoms with E-state index in [2.05, 4.69) is 4.98 Å². The van der Waals surface area contributed by atoms with Crippen molar-refractivity contribution < 1.29 is 14.5 Å². The Bertz CT molecular complexity index is 488. The van der Waals surface area contributed by atoms with Gasteiger partial charge in [0, 0.05) is 12.3 Å². The highest BCUT2D eigenvalue weighted by atomic mass is 35.5. The normalized spacial score (nSPS) is 10.6. The minimum absolute atomic E-state index is 0.101. The topological polar surface area (TPSA) is 82.3 Å². The molecule has 0 fully saturated rings. The predicted molar refractivity (Wildman–Crippen MR) is 66.2 cm³/mol. The summed E-state index contributed by atoms with van der Waals surface area (Å²) in [4.78, 5) is 24.7. The SMILES string of the molecule is CCOC(=O)CC=Cc1cnc(Cl)c([N+](=O)[O-])c1. The molecule has 0 aliphatic carbocycles. The first kappa shape index (κ1) is 14.1. The summed E-state index contributed by atoms with van der Waals surface area (Å²) in [6.07, 6.45) is 4.58. The Labute approximate surface area is 108 Å². The molecule has 1 aromatic heterocycles. The number of rotatable bonds is 5. The number of halogens is 1. The number of pyridine rings is 1. The number of aromatic nitrogens is 1. The van der Waals surface area contributed by atoms with Crippen LogP contribution in [0.1, 0.15) is 18.9 Å². The predicted octanol–water partition coefficient (Wildman–Crippen LogP) is 2.61. The van der Waals surface area contributed by atoms with Crippen LogP contribution in [-0.2, 0) is 9.53 Å². The van der Waals surface area contributed by atoms with Gasteiger partial charge in [-0.25, -0.2) is 4.98 Å². The number of nitro groups is 1. The minimum Gasteiger partial charge on any atom is -0.466 e. The van der Waals surface area contributed by atoms with E-state index in [0.29, 0.717) is 12.2 Å². The quantitative estimate of drug-likeness (QED) is 0.355. The second kappa shape index (κ2) is 6.70. The molecule has 1 heterocycles. The molecule has 0 aliphatic heterocycles. The molecule has 0 saturated heterocycles. The zero-order valence-electron chi connectivity index (χ0n) is 9.63. The molecule has 0 unspecified atom stereocenters. The number of hydrogen-bond donors (Lipinski definition) is 0. The zero-order chi connectivity index (χ0) is 13.5. The Morgan fingerprint density at radius 3 is 3.00 bits per heavy atom. The molecule has 0 aliphatic rings. The summed E-state index contributed by atoms with van der Waals surface area (Å²) in [6.45, 7) is 2.04. The maximum absolute atomic E-state index is 11.0. The van der Waals surface area contributed by atoms with Crippen molar-refractivity contribution in [3.8, 4) is 0 Å². The summed E-state index contributed by atoms with van der Waals surface area (Å²) in [6, 6.07) is 1.29. The van der Waals surface area contributed by atoms with Crippen molar-refractivity contribution in [3.63, 3.8) is 0 Å². The monoisotopic (exact) mass is 270 g/mol. The van der Waals surface area contributed by atoms with Crippen molar-refractivity contribution >= 4 is 29.3 Å². The fourth-order valence-corrected chi connectivity index (χ4v) is 1.35. The molecule has 0 amide bonds. The molecule has 0 N–H and O–H groups in total. The summed E-state index contributed by atoms with van der Waals surface area (Å²) in [5.41, 5.74) is 0.227. The molecule has 96 valence electrons. The standard InChI is InChI=1S/C11H11ClN2O4/c1-2-18-10(15)5-3-4-8-6-9(14(16)17)11(12)13-7-8/h3-4,6-7H,2,5H2,1H3. The highest BCUT2D eigenvalue weighted by molar-refractivity contribution is 6.31. The van der Waals surface area contributed by atoms with Crippen molar-refractivity contribution in [2.45, 2.75) is 13.3 Å². The molecule has 0 atom stereocenters. The van der Waals surface area contributed by atoms with Crippen LogP contribution >= 0.6 is 11.6 Å². The van der Waals surface area contributed by atoms with Gasteiger partial charge in [0.1, 0.15) is 0 Å². The Kier molecular flexibility index (Phi) is 5.26. The van der Waals surface area contributed by atoms with Gasteiger partial charge < -0.3 is 4.74 Å². The summed E-state index contributed by atoms with van der Waals surface area (Å²) in [5.74, 6) is -0.356. The van der Waals surface area contributed by atoms with Crippen molar-refractivity contribution in [2.24, 2.45) is 0 Å². The fraction of sp³-hybridized carbons (Fsp3) is 0.273. The third-order valence-corrected chi connectivity index (χ3v) is 2.23. The molecular formula is C11H11ClN2O4. The summed E-state index contributed by atoms with van der Waals surface area (Å²) in [5, 5.41) is 10.5. The molecule has 7 heteroatoms. The molecule has 1 aromatic rings. The summed E-state index contributed by atoms with van der Waals surface area (Å²) < 4.78 is 4.73. The largest absolute Gasteiger partial charge is 0.466 e. The van der Waals surface area contributed by atoms with Gasteiger partial charge in [-0.2, -0.15) is 0 Å². The van der Waals surface area contributed by atoms with Crippen LogP contribution < -0.4 is 0 Å². The Hall–Kier alpha value is -1.95. The lowest BCUT2D eigenvalue weighted by atomic mass is 10.2. The van der Waals surface area contributed by atoms with Gasteiger partial charge in [0.05, 0.1) is 18.0 Å². The van der Waals surface area contributed by atoms with Crippen LogP contribution in [0, 0.1) is 10.1 Å².